The van der Waals surface area contributed by atoms with Gasteiger partial charge in [0.25, 0.3) is 0 Å². The first-order valence-electron chi connectivity index (χ1n) is 22.0. The molecule has 330 valence electrons. The molecule has 0 bridgehead atoms. The number of hydrogen-bond acceptors (Lipinski definition) is 9. The Labute approximate surface area is 359 Å². The normalized spacial score (nSPS) is 24.8. The fraction of sp³-hybridized carbons (Fsp3) is 0.533. The van der Waals surface area contributed by atoms with Crippen LogP contribution in [-0.4, -0.2) is 156 Å². The van der Waals surface area contributed by atoms with Gasteiger partial charge in [0, 0.05) is 56.2 Å². The molecule has 6 amide bonds. The maximum absolute atomic E-state index is 14.4. The number of fused-ring (bicyclic) bond motifs is 1. The lowest BCUT2D eigenvalue weighted by molar-refractivity contribution is -0.154. The number of likely N-dealkylation sites (tertiary alicyclic amines) is 5. The molecule has 3 aromatic rings. The minimum atomic E-state index is -1.26. The fourth-order valence-electron chi connectivity index (χ4n) is 10.4. The summed E-state index contributed by atoms with van der Waals surface area (Å²) in [5, 5.41) is 23.1. The van der Waals surface area contributed by atoms with E-state index in [1.54, 1.807) is 26.8 Å². The predicted molar refractivity (Wildman–Crippen MR) is 225 cm³/mol. The summed E-state index contributed by atoms with van der Waals surface area (Å²) in [6.07, 6.45) is 7.12. The van der Waals surface area contributed by atoms with E-state index in [9.17, 15) is 43.8 Å². The molecule has 6 heterocycles. The quantitative estimate of drug-likeness (QED) is 0.176. The van der Waals surface area contributed by atoms with Crippen LogP contribution < -0.4 is 11.1 Å². The summed E-state index contributed by atoms with van der Waals surface area (Å²) in [5.74, 6) is -3.38. The molecule has 17 heteroatoms. The molecule has 0 saturated carbocycles. The minimum absolute atomic E-state index is 0.0170. The molecule has 7 atom stereocenters. The molecule has 5 aliphatic rings. The number of para-hydroxylation sites is 1. The van der Waals surface area contributed by atoms with Gasteiger partial charge >= 0.3 is 5.97 Å². The van der Waals surface area contributed by atoms with Crippen molar-refractivity contribution in [3.8, 4) is 5.75 Å². The van der Waals surface area contributed by atoms with Crippen LogP contribution in [-0.2, 0) is 46.4 Å². The number of carbonyl (C=O) groups is 7. The van der Waals surface area contributed by atoms with Crippen molar-refractivity contribution in [2.24, 2.45) is 5.73 Å². The molecule has 2 aromatic carbocycles. The summed E-state index contributed by atoms with van der Waals surface area (Å²) in [6.45, 7) is 1.69. The maximum atomic E-state index is 14.4. The highest BCUT2D eigenvalue weighted by atomic mass is 16.4. The Morgan fingerprint density at radius 3 is 1.60 bits per heavy atom. The second kappa shape index (κ2) is 18.2. The van der Waals surface area contributed by atoms with Gasteiger partial charge in [0.05, 0.1) is 6.04 Å². The summed E-state index contributed by atoms with van der Waals surface area (Å²) in [6, 6.07) is 7.66. The third kappa shape index (κ3) is 8.46. The predicted octanol–water partition coefficient (Wildman–Crippen LogP) is 1.51. The van der Waals surface area contributed by atoms with E-state index in [1.165, 1.54) is 21.9 Å². The Kier molecular flexibility index (Phi) is 12.5. The Hall–Kier alpha value is -5.97. The lowest BCUT2D eigenvalue weighted by Gasteiger charge is -2.36. The van der Waals surface area contributed by atoms with Crippen LogP contribution in [0.3, 0.4) is 0 Å². The molecule has 17 nitrogen and oxygen atoms in total. The molecule has 0 radical (unpaired) electrons. The highest BCUT2D eigenvalue weighted by molar-refractivity contribution is 5.98. The minimum Gasteiger partial charge on any atom is -0.508 e. The van der Waals surface area contributed by atoms with Crippen molar-refractivity contribution < 1.29 is 43.8 Å². The zero-order chi connectivity index (χ0) is 43.7. The third-order valence-corrected chi connectivity index (χ3v) is 13.5. The SMILES string of the molecule is N[C@@H](Cc1c[nH]c2ccccc12)C(=O)N1CCC[C@H]1C(=O)N1CCC[C@H]1C(=O)N1CCC[C@H]1C(=O)N1CCC[C@H]1C(=O)N1CCC[C@H]1C(=O)N[C@@H](Cc1ccc(O)cc1)C(=O)O. The zero-order valence-electron chi connectivity index (χ0n) is 34.8. The summed E-state index contributed by atoms with van der Waals surface area (Å²) in [4.78, 5) is 108. The van der Waals surface area contributed by atoms with Crippen LogP contribution in [0.2, 0.25) is 0 Å². The molecule has 8 rings (SSSR count). The number of phenols is 1. The summed E-state index contributed by atoms with van der Waals surface area (Å²) < 4.78 is 0. The highest BCUT2D eigenvalue weighted by Crippen LogP contribution is 2.32. The van der Waals surface area contributed by atoms with Gasteiger partial charge in [0.1, 0.15) is 42.0 Å². The maximum Gasteiger partial charge on any atom is 0.326 e. The summed E-state index contributed by atoms with van der Waals surface area (Å²) >= 11 is 0. The van der Waals surface area contributed by atoms with Crippen molar-refractivity contribution in [3.05, 3.63) is 65.9 Å². The van der Waals surface area contributed by atoms with Crippen molar-refractivity contribution in [3.63, 3.8) is 0 Å². The zero-order valence-corrected chi connectivity index (χ0v) is 34.8. The second-order valence-corrected chi connectivity index (χ2v) is 17.4. The van der Waals surface area contributed by atoms with Gasteiger partial charge in [-0.05, 0) is 100.0 Å². The van der Waals surface area contributed by atoms with Gasteiger partial charge in [-0.25, -0.2) is 4.79 Å². The highest BCUT2D eigenvalue weighted by Gasteiger charge is 2.49. The molecule has 0 unspecified atom stereocenters. The third-order valence-electron chi connectivity index (χ3n) is 13.5. The molecule has 62 heavy (non-hydrogen) atoms. The average molecular weight is 853 g/mol. The number of H-pyrrole nitrogens is 1. The summed E-state index contributed by atoms with van der Waals surface area (Å²) in [5.41, 5.74) is 8.97. The average Bonchev–Trinajstić information content (AvgIpc) is 4.14. The van der Waals surface area contributed by atoms with Gasteiger partial charge in [0.2, 0.25) is 35.4 Å². The smallest absolute Gasteiger partial charge is 0.326 e. The van der Waals surface area contributed by atoms with Crippen molar-refractivity contribution in [1.29, 1.82) is 0 Å². The van der Waals surface area contributed by atoms with E-state index in [1.807, 2.05) is 30.5 Å². The number of rotatable bonds is 12. The fourth-order valence-corrected chi connectivity index (χ4v) is 10.4. The number of benzene rings is 2. The van der Waals surface area contributed by atoms with E-state index in [0.29, 0.717) is 102 Å². The van der Waals surface area contributed by atoms with Crippen LogP contribution in [0.5, 0.6) is 5.75 Å². The van der Waals surface area contributed by atoms with Gasteiger partial charge in [0.15, 0.2) is 0 Å². The number of nitrogens with two attached hydrogens (primary N) is 1. The molecular weight excluding hydrogens is 797 g/mol. The van der Waals surface area contributed by atoms with Crippen LogP contribution in [0, 0.1) is 0 Å². The van der Waals surface area contributed by atoms with Crippen LogP contribution >= 0.6 is 0 Å². The molecular formula is C45H56N8O9. The monoisotopic (exact) mass is 852 g/mol. The Balaban J connectivity index is 0.897. The number of aromatic hydroxyl groups is 1. The first-order chi connectivity index (χ1) is 29.9. The van der Waals surface area contributed by atoms with Gasteiger partial charge in [-0.3, -0.25) is 28.8 Å². The number of phenolic OH excluding ortho intramolecular Hbond substituents is 1. The molecule has 5 aliphatic heterocycles. The molecule has 0 aliphatic carbocycles. The van der Waals surface area contributed by atoms with Crippen LogP contribution in [0.25, 0.3) is 10.9 Å². The van der Waals surface area contributed by atoms with Crippen molar-refractivity contribution in [1.82, 2.24) is 34.8 Å². The van der Waals surface area contributed by atoms with Crippen molar-refractivity contribution in [2.75, 3.05) is 32.7 Å². The number of aromatic nitrogens is 1. The van der Waals surface area contributed by atoms with Crippen molar-refractivity contribution in [2.45, 2.75) is 119 Å². The van der Waals surface area contributed by atoms with Crippen LogP contribution in [0.15, 0.2) is 54.7 Å². The Morgan fingerprint density at radius 2 is 1.08 bits per heavy atom. The molecule has 1 aromatic heterocycles. The number of nitrogens with one attached hydrogen (secondary N) is 2. The number of aliphatic carboxylic acids is 1. The van der Waals surface area contributed by atoms with Crippen LogP contribution in [0.4, 0.5) is 0 Å². The largest absolute Gasteiger partial charge is 0.508 e. The number of carboxylic acids is 1. The number of hydrogen-bond donors (Lipinski definition) is 5. The number of amides is 6. The van der Waals surface area contributed by atoms with Gasteiger partial charge in [-0.2, -0.15) is 0 Å². The molecule has 5 fully saturated rings. The topological polar surface area (TPSA) is 230 Å². The lowest BCUT2D eigenvalue weighted by atomic mass is 10.0. The van der Waals surface area contributed by atoms with E-state index in [0.717, 1.165) is 16.5 Å². The van der Waals surface area contributed by atoms with E-state index in [2.05, 4.69) is 10.3 Å². The van der Waals surface area contributed by atoms with E-state index < -0.39 is 54.2 Å². The van der Waals surface area contributed by atoms with E-state index >= 15 is 0 Å². The van der Waals surface area contributed by atoms with E-state index in [4.69, 9.17) is 5.73 Å². The Bertz CT molecular complexity index is 2210. The number of carboxylic acid groups (broad SMARTS) is 1. The first-order valence-corrected chi connectivity index (χ1v) is 22.0. The first kappa shape index (κ1) is 42.7. The number of carbonyl (C=O) groups excluding carboxylic acids is 6. The number of nitrogens with zero attached hydrogens (tertiary/aromatic N) is 5. The van der Waals surface area contributed by atoms with Gasteiger partial charge in [-0.1, -0.05) is 30.3 Å². The van der Waals surface area contributed by atoms with Gasteiger partial charge in [-0.15, -0.1) is 0 Å². The van der Waals surface area contributed by atoms with Crippen molar-refractivity contribution >= 4 is 52.3 Å². The molecule has 6 N–H and O–H groups in total. The van der Waals surface area contributed by atoms with Gasteiger partial charge < -0.3 is 50.7 Å². The summed E-state index contributed by atoms with van der Waals surface area (Å²) in [7, 11) is 0. The Morgan fingerprint density at radius 1 is 0.629 bits per heavy atom. The second-order valence-electron chi connectivity index (χ2n) is 17.4. The molecule has 5 saturated heterocycles. The van der Waals surface area contributed by atoms with E-state index in [-0.39, 0.29) is 48.3 Å². The lowest BCUT2D eigenvalue weighted by Crippen LogP contribution is -2.58. The van der Waals surface area contributed by atoms with Crippen LogP contribution in [0.1, 0.15) is 75.3 Å². The number of aromatic amines is 1. The molecule has 0 spiro atoms. The standard InChI is InChI=1S/C45H56N8O9/c46-31(25-28-26-47-32-9-2-1-8-30(28)32)40(56)50-20-4-11-35(50)42(58)52-22-6-13-37(52)44(60)53-23-7-14-38(53)43(59)51-21-5-12-36(51)41(57)49-19-3-10-34(49)39(55)48-33(45(61)62)24-27-15-17-29(54)18-16-27/h1-2,8-9,15-18,26,31,33-38,47,54H,3-7,10-14,19-25,46H2,(H,48,55)(H,61,62)/t31-,33-,34-,35-,36-,37-,38-/m0/s1.